The van der Waals surface area contributed by atoms with Gasteiger partial charge < -0.3 is 25.0 Å². The monoisotopic (exact) mass is 366 g/mol. The third kappa shape index (κ3) is 2.92. The summed E-state index contributed by atoms with van der Waals surface area (Å²) in [5.74, 6) is -1.52. The molecule has 1 aromatic heterocycles. The van der Waals surface area contributed by atoms with E-state index < -0.39 is 11.6 Å². The molecule has 1 aliphatic rings. The minimum Gasteiger partial charge on any atom is -0.618 e. The van der Waals surface area contributed by atoms with Gasteiger partial charge in [0.05, 0.1) is 35.8 Å². The minimum absolute atomic E-state index is 0. The molecule has 2 aromatic rings. The number of rotatable bonds is 3. The van der Waals surface area contributed by atoms with Crippen molar-refractivity contribution in [2.75, 3.05) is 7.11 Å². The van der Waals surface area contributed by atoms with Gasteiger partial charge in [0.15, 0.2) is 11.8 Å². The van der Waals surface area contributed by atoms with Gasteiger partial charge in [-0.05, 0) is 31.0 Å². The van der Waals surface area contributed by atoms with Crippen LogP contribution in [0.2, 0.25) is 5.02 Å². The molecular weight excluding hydrogens is 355 g/mol. The van der Waals surface area contributed by atoms with Crippen molar-refractivity contribution in [2.24, 2.45) is 0 Å². The summed E-state index contributed by atoms with van der Waals surface area (Å²) >= 11 is 6.00. The van der Waals surface area contributed by atoms with Gasteiger partial charge in [-0.1, -0.05) is 11.6 Å². The van der Waals surface area contributed by atoms with E-state index >= 15 is 0 Å². The molecule has 0 amide bonds. The number of hydrogen-bond donors (Lipinski definition) is 1. The predicted molar refractivity (Wildman–Crippen MR) is 84.3 cm³/mol. The fourth-order valence-electron chi connectivity index (χ4n) is 3.19. The number of pyridine rings is 1. The maximum Gasteiger partial charge on any atom is 1.00 e. The van der Waals surface area contributed by atoms with Gasteiger partial charge in [0, 0.05) is 10.6 Å². The van der Waals surface area contributed by atoms with Crippen molar-refractivity contribution in [3.8, 4) is 22.9 Å². The first kappa shape index (κ1) is 20.1. The van der Waals surface area contributed by atoms with Gasteiger partial charge in [-0.15, -0.1) is 0 Å². The first-order valence-corrected chi connectivity index (χ1v) is 7.68. The number of ether oxygens (including phenoxy) is 1. The molecule has 0 spiro atoms. The summed E-state index contributed by atoms with van der Waals surface area (Å²) in [5.41, 5.74) is -1.49. The zero-order chi connectivity index (χ0) is 18.4. The van der Waals surface area contributed by atoms with Crippen molar-refractivity contribution < 1.29 is 43.3 Å². The molecule has 0 saturated carbocycles. The number of nitriles is 1. The Bertz CT molecular complexity index is 944. The van der Waals surface area contributed by atoms with Crippen molar-refractivity contribution in [2.45, 2.75) is 18.4 Å². The summed E-state index contributed by atoms with van der Waals surface area (Å²) in [5, 5.41) is 43.8. The third-order valence-corrected chi connectivity index (χ3v) is 4.57. The summed E-state index contributed by atoms with van der Waals surface area (Å²) in [6.45, 7) is 0. The van der Waals surface area contributed by atoms with Crippen LogP contribution in [0, 0.1) is 16.5 Å². The standard InChI is InChI=1S/C17H13ClN2O5.Li/c1-25-14-11-4-5-17(23,16(21)22)15(11)20(24)8-13(14)12-6-10(18)3-2-9(12)7-19;/h2-3,6,8,23H,4-5H2,1H3,(H,21,22);/q;+1/p-1. The average Bonchev–Trinajstić information content (AvgIpc) is 2.94. The molecule has 3 rings (SSSR count). The van der Waals surface area contributed by atoms with Gasteiger partial charge >= 0.3 is 18.9 Å². The van der Waals surface area contributed by atoms with Gasteiger partial charge in [-0.2, -0.15) is 9.99 Å². The average molecular weight is 367 g/mol. The topological polar surface area (TPSA) is 120 Å². The molecule has 0 fully saturated rings. The second kappa shape index (κ2) is 7.18. The summed E-state index contributed by atoms with van der Waals surface area (Å²) in [7, 11) is 1.36. The number of fused-ring (bicyclic) bond motifs is 1. The fourth-order valence-corrected chi connectivity index (χ4v) is 3.36. The molecule has 0 saturated heterocycles. The van der Waals surface area contributed by atoms with Crippen molar-refractivity contribution in [3.63, 3.8) is 0 Å². The SMILES string of the molecule is COc1c(-c2cc(Cl)ccc2C#N)c[n+]([O-])c2c1CCC2(O)C(=O)[O-].[Li+]. The van der Waals surface area contributed by atoms with Gasteiger partial charge in [0.1, 0.15) is 5.75 Å². The molecule has 1 aromatic carbocycles. The number of nitrogens with zero attached hydrogens (tertiary/aromatic N) is 2. The van der Waals surface area contributed by atoms with Crippen LogP contribution in [0.4, 0.5) is 0 Å². The Hall–Kier alpha value is -2.22. The number of aliphatic hydroxyl groups is 1. The molecule has 1 unspecified atom stereocenters. The summed E-state index contributed by atoms with van der Waals surface area (Å²) in [6, 6.07) is 6.59. The molecule has 26 heavy (non-hydrogen) atoms. The van der Waals surface area contributed by atoms with E-state index in [9.17, 15) is 25.5 Å². The van der Waals surface area contributed by atoms with E-state index in [2.05, 4.69) is 0 Å². The molecule has 128 valence electrons. The second-order valence-electron chi connectivity index (χ2n) is 5.68. The number of halogens is 1. The van der Waals surface area contributed by atoms with E-state index in [1.165, 1.54) is 19.2 Å². The molecule has 0 bridgehead atoms. The first-order valence-electron chi connectivity index (χ1n) is 7.31. The van der Waals surface area contributed by atoms with E-state index in [1.807, 2.05) is 6.07 Å². The van der Waals surface area contributed by atoms with Crippen LogP contribution in [0.15, 0.2) is 24.4 Å². The predicted octanol–water partition coefficient (Wildman–Crippen LogP) is -2.59. The molecule has 1 heterocycles. The van der Waals surface area contributed by atoms with E-state index in [1.54, 1.807) is 6.07 Å². The number of carbonyl (C=O) groups is 1. The molecule has 1 N–H and O–H groups in total. The molecule has 9 heteroatoms. The maximum absolute atomic E-state index is 12.5. The van der Waals surface area contributed by atoms with E-state index in [4.69, 9.17) is 16.3 Å². The van der Waals surface area contributed by atoms with Crippen LogP contribution in [0.3, 0.4) is 0 Å². The van der Waals surface area contributed by atoms with Crippen LogP contribution in [0.5, 0.6) is 5.75 Å². The summed E-state index contributed by atoms with van der Waals surface area (Å²) in [6.07, 6.45) is 0.984. The van der Waals surface area contributed by atoms with Crippen LogP contribution in [0.25, 0.3) is 11.1 Å². The van der Waals surface area contributed by atoms with Crippen LogP contribution in [-0.4, -0.2) is 18.2 Å². The number of aromatic nitrogens is 1. The van der Waals surface area contributed by atoms with Crippen LogP contribution >= 0.6 is 11.6 Å². The molecule has 0 radical (unpaired) electrons. The quantitative estimate of drug-likeness (QED) is 0.361. The molecule has 7 nitrogen and oxygen atoms in total. The molecule has 0 aliphatic heterocycles. The zero-order valence-electron chi connectivity index (χ0n) is 14.1. The van der Waals surface area contributed by atoms with E-state index in [-0.39, 0.29) is 64.6 Å². The van der Waals surface area contributed by atoms with Crippen molar-refractivity contribution >= 4 is 17.6 Å². The number of methoxy groups -OCH3 is 1. The van der Waals surface area contributed by atoms with Crippen molar-refractivity contribution in [1.29, 1.82) is 5.26 Å². The van der Waals surface area contributed by atoms with E-state index in [0.29, 0.717) is 10.6 Å². The fraction of sp³-hybridized carbons (Fsp3) is 0.235. The number of hydrogen-bond acceptors (Lipinski definition) is 6. The smallest absolute Gasteiger partial charge is 0.618 e. The number of carbonyl (C=O) groups excluding carboxylic acids is 1. The largest absolute Gasteiger partial charge is 1.00 e. The van der Waals surface area contributed by atoms with E-state index in [0.717, 1.165) is 6.20 Å². The van der Waals surface area contributed by atoms with Crippen molar-refractivity contribution in [1.82, 2.24) is 0 Å². The van der Waals surface area contributed by atoms with Crippen LogP contribution in [0.1, 0.15) is 23.2 Å². The van der Waals surface area contributed by atoms with Gasteiger partial charge in [-0.3, -0.25) is 0 Å². The van der Waals surface area contributed by atoms with Crippen LogP contribution in [-0.2, 0) is 16.8 Å². The Balaban J connectivity index is 0.00000243. The second-order valence-corrected chi connectivity index (χ2v) is 6.11. The Morgan fingerprint density at radius 2 is 2.15 bits per heavy atom. The van der Waals surface area contributed by atoms with Gasteiger partial charge in [0.2, 0.25) is 5.69 Å². The maximum atomic E-state index is 12.5. The van der Waals surface area contributed by atoms with Crippen LogP contribution < -0.4 is 33.4 Å². The normalized spacial score (nSPS) is 17.8. The zero-order valence-corrected chi connectivity index (χ0v) is 14.8. The third-order valence-electron chi connectivity index (χ3n) is 4.33. The summed E-state index contributed by atoms with van der Waals surface area (Å²) < 4.78 is 5.67. The molecular formula is C17H12ClLiN2O5. The Morgan fingerprint density at radius 3 is 2.73 bits per heavy atom. The Labute approximate surface area is 166 Å². The Kier molecular flexibility index (Phi) is 5.55. The number of benzene rings is 1. The number of aliphatic carboxylic acids is 1. The van der Waals surface area contributed by atoms with Gasteiger partial charge in [-0.25, -0.2) is 0 Å². The molecule has 1 atom stereocenters. The van der Waals surface area contributed by atoms with Gasteiger partial charge in [0.25, 0.3) is 0 Å². The summed E-state index contributed by atoms with van der Waals surface area (Å²) in [4.78, 5) is 11.3. The first-order chi connectivity index (χ1) is 11.8. The van der Waals surface area contributed by atoms with Crippen molar-refractivity contribution in [3.05, 3.63) is 51.4 Å². The minimum atomic E-state index is -2.38. The Morgan fingerprint density at radius 1 is 1.46 bits per heavy atom. The molecule has 1 aliphatic carbocycles. The number of carboxylic acid groups (broad SMARTS) is 1. The number of carboxylic acids is 1.